The van der Waals surface area contributed by atoms with Crippen LogP contribution in [0.3, 0.4) is 0 Å². The summed E-state index contributed by atoms with van der Waals surface area (Å²) in [6.07, 6.45) is 6.72. The molecule has 9 nitrogen and oxygen atoms in total. The van der Waals surface area contributed by atoms with E-state index in [0.29, 0.717) is 37.5 Å². The molecule has 2 aliphatic heterocycles. The molecule has 0 bridgehead atoms. The number of thiazole rings is 1. The molecule has 1 saturated carbocycles. The van der Waals surface area contributed by atoms with Crippen molar-refractivity contribution in [1.82, 2.24) is 29.2 Å². The van der Waals surface area contributed by atoms with E-state index >= 15 is 0 Å². The highest BCUT2D eigenvalue weighted by molar-refractivity contribution is 7.13. The Morgan fingerprint density at radius 1 is 1.09 bits per heavy atom. The van der Waals surface area contributed by atoms with Crippen LogP contribution >= 0.6 is 34.5 Å². The van der Waals surface area contributed by atoms with E-state index in [1.807, 2.05) is 6.07 Å². The lowest BCUT2D eigenvalue weighted by Crippen LogP contribution is -2.47. The number of nitrogens with zero attached hydrogens (tertiary/aromatic N) is 7. The van der Waals surface area contributed by atoms with Crippen molar-refractivity contribution in [3.63, 3.8) is 0 Å². The van der Waals surface area contributed by atoms with Crippen LogP contribution in [0.15, 0.2) is 54.4 Å². The molecule has 3 aliphatic rings. The van der Waals surface area contributed by atoms with Gasteiger partial charge < -0.3 is 9.47 Å². The third-order valence-electron chi connectivity index (χ3n) is 8.85. The first-order chi connectivity index (χ1) is 21.4. The maximum atomic E-state index is 14.3. The number of carbonyl (C=O) groups is 1. The number of alkyl halides is 1. The Balaban J connectivity index is 1.12. The molecule has 0 spiro atoms. The van der Waals surface area contributed by atoms with E-state index in [9.17, 15) is 9.18 Å². The third kappa shape index (κ3) is 5.05. The Morgan fingerprint density at radius 2 is 1.89 bits per heavy atom. The Kier molecular flexibility index (Phi) is 7.08. The van der Waals surface area contributed by atoms with Gasteiger partial charge in [-0.15, -0.1) is 11.3 Å². The van der Waals surface area contributed by atoms with E-state index in [4.69, 9.17) is 28.3 Å². The van der Waals surface area contributed by atoms with Gasteiger partial charge in [0.15, 0.2) is 11.2 Å². The van der Waals surface area contributed by atoms with E-state index < -0.39 is 18.1 Å². The average molecular weight is 652 g/mol. The highest BCUT2D eigenvalue weighted by atomic mass is 35.5. The molecule has 13 heteroatoms. The molecule has 5 aromatic rings. The lowest BCUT2D eigenvalue weighted by molar-refractivity contribution is -0.118. The molecule has 2 fully saturated rings. The number of carbonyl (C=O) groups excluding carboxylic acids is 1. The minimum atomic E-state index is -1.03. The first kappa shape index (κ1) is 28.0. The molecule has 1 N–H and O–H groups in total. The minimum Gasteiger partial charge on any atom is -0.369 e. The lowest BCUT2D eigenvalue weighted by Gasteiger charge is -2.36. The summed E-state index contributed by atoms with van der Waals surface area (Å²) in [5, 5.41) is 11.4. The van der Waals surface area contributed by atoms with Crippen molar-refractivity contribution >= 4 is 62.2 Å². The molecule has 1 aliphatic carbocycles. The van der Waals surface area contributed by atoms with Gasteiger partial charge in [0.2, 0.25) is 0 Å². The Bertz CT molecular complexity index is 1840. The van der Waals surface area contributed by atoms with Crippen molar-refractivity contribution in [2.45, 2.75) is 44.1 Å². The number of rotatable bonds is 7. The molecule has 1 amide bonds. The molecule has 44 heavy (non-hydrogen) atoms. The van der Waals surface area contributed by atoms with Crippen molar-refractivity contribution < 1.29 is 9.18 Å². The lowest BCUT2D eigenvalue weighted by atomic mass is 10.0. The van der Waals surface area contributed by atoms with Crippen molar-refractivity contribution in [2.24, 2.45) is 0 Å². The number of piperazine rings is 1. The zero-order chi connectivity index (χ0) is 29.9. The quantitative estimate of drug-likeness (QED) is 0.230. The van der Waals surface area contributed by atoms with Gasteiger partial charge in [-0.05, 0) is 36.6 Å². The summed E-state index contributed by atoms with van der Waals surface area (Å²) >= 11 is 15.1. The van der Waals surface area contributed by atoms with Crippen molar-refractivity contribution in [1.29, 1.82) is 0 Å². The van der Waals surface area contributed by atoms with Gasteiger partial charge in [-0.25, -0.2) is 14.4 Å². The van der Waals surface area contributed by atoms with E-state index in [1.54, 1.807) is 28.7 Å². The maximum Gasteiger partial charge on any atom is 0.257 e. The van der Waals surface area contributed by atoms with Gasteiger partial charge >= 0.3 is 0 Å². The Hall–Kier alpha value is -3.51. The van der Waals surface area contributed by atoms with E-state index in [1.165, 1.54) is 34.5 Å². The topological polar surface area (TPSA) is 84.1 Å². The first-order valence-corrected chi connectivity index (χ1v) is 16.4. The van der Waals surface area contributed by atoms with E-state index in [-0.39, 0.29) is 13.0 Å². The second-order valence-corrected chi connectivity index (χ2v) is 13.3. The molecule has 1 saturated heterocycles. The highest BCUT2D eigenvalue weighted by Crippen LogP contribution is 2.40. The number of fused-ring (bicyclic) bond motifs is 2. The van der Waals surface area contributed by atoms with Crippen LogP contribution in [0.5, 0.6) is 0 Å². The van der Waals surface area contributed by atoms with Gasteiger partial charge in [0.25, 0.3) is 5.91 Å². The van der Waals surface area contributed by atoms with Gasteiger partial charge in [0, 0.05) is 78.7 Å². The molecule has 0 radical (unpaired) electrons. The normalized spacial score (nSPS) is 19.4. The number of anilines is 2. The van der Waals surface area contributed by atoms with Gasteiger partial charge in [-0.3, -0.25) is 19.7 Å². The summed E-state index contributed by atoms with van der Waals surface area (Å²) in [7, 11) is 0. The van der Waals surface area contributed by atoms with Crippen LogP contribution in [0.4, 0.5) is 15.2 Å². The predicted octanol–water partition coefficient (Wildman–Crippen LogP) is 6.07. The Labute approximate surface area is 267 Å². The number of benzene rings is 2. The monoisotopic (exact) mass is 650 g/mol. The van der Waals surface area contributed by atoms with Gasteiger partial charge in [0.1, 0.15) is 11.7 Å². The van der Waals surface area contributed by atoms with Crippen molar-refractivity contribution in [2.75, 3.05) is 36.4 Å². The summed E-state index contributed by atoms with van der Waals surface area (Å²) < 4.78 is 17.6. The fourth-order valence-electron chi connectivity index (χ4n) is 6.45. The van der Waals surface area contributed by atoms with Crippen LogP contribution in [0.25, 0.3) is 22.0 Å². The van der Waals surface area contributed by atoms with Crippen LogP contribution in [-0.2, 0) is 17.8 Å². The Morgan fingerprint density at radius 3 is 2.61 bits per heavy atom. The maximum absolute atomic E-state index is 14.3. The number of amides is 1. The molecule has 2 atom stereocenters. The predicted molar refractivity (Wildman–Crippen MR) is 172 cm³/mol. The molecule has 1 unspecified atom stereocenters. The summed E-state index contributed by atoms with van der Waals surface area (Å²) in [6.45, 7) is 4.46. The van der Waals surface area contributed by atoms with Crippen LogP contribution in [0.2, 0.25) is 10.0 Å². The zero-order valence-corrected chi connectivity index (χ0v) is 26.0. The summed E-state index contributed by atoms with van der Waals surface area (Å²) in [5.74, 6) is -0.391. The largest absolute Gasteiger partial charge is 0.369 e. The minimum absolute atomic E-state index is 0.176. The van der Waals surface area contributed by atoms with Gasteiger partial charge in [-0.1, -0.05) is 35.3 Å². The number of aromatic nitrogens is 5. The molecule has 226 valence electrons. The highest BCUT2D eigenvalue weighted by Gasteiger charge is 2.35. The van der Waals surface area contributed by atoms with Gasteiger partial charge in [0.05, 0.1) is 28.6 Å². The summed E-state index contributed by atoms with van der Waals surface area (Å²) in [5.41, 5.74) is 4.45. The third-order valence-corrected chi connectivity index (χ3v) is 10.2. The fraction of sp³-hybridized carbons (Fsp3) is 0.355. The number of nitrogens with one attached hydrogen (secondary N) is 1. The van der Waals surface area contributed by atoms with Crippen LogP contribution in [0, 0.1) is 0 Å². The molecular formula is C31H29Cl2FN8OS. The van der Waals surface area contributed by atoms with Crippen molar-refractivity contribution in [3.8, 4) is 11.1 Å². The average Bonchev–Trinajstić information content (AvgIpc) is 3.31. The van der Waals surface area contributed by atoms with Crippen LogP contribution in [0.1, 0.15) is 30.3 Å². The SMILES string of the molecule is O=C(Nc1nccs1)C(c1ncn2c1C[C@@H](F)C2)n1cc2c(Cl)cc(-c3ccc(N4CCN(C5CC5)CC4)cc3)c(Cl)c2n1. The standard InChI is InChI=1S/C31H29Cl2FN8OS/c32-24-14-22(18-1-3-20(4-2-18)39-8-10-40(11-9-39)21-5-6-21)26(33)27-23(24)16-42(38-27)29(30(43)37-31-35-7-12-44-31)28-25-13-19(34)15-41(25)17-36-28/h1-4,7,12,14,16-17,19,21,29H,5-6,8-11,13,15H2,(H,35,37,43)/t19-,29?/m1/s1. The number of imidazole rings is 1. The molecular weight excluding hydrogens is 622 g/mol. The fourth-order valence-corrected chi connectivity index (χ4v) is 7.53. The van der Waals surface area contributed by atoms with Gasteiger partial charge in [-0.2, -0.15) is 5.10 Å². The zero-order valence-electron chi connectivity index (χ0n) is 23.7. The number of halogens is 3. The second-order valence-electron chi connectivity index (χ2n) is 11.7. The van der Waals surface area contributed by atoms with Crippen molar-refractivity contribution in [3.05, 3.63) is 75.9 Å². The molecule has 8 rings (SSSR count). The van der Waals surface area contributed by atoms with E-state index in [2.05, 4.69) is 49.4 Å². The molecule has 2 aromatic carbocycles. The smallest absolute Gasteiger partial charge is 0.257 e. The van der Waals surface area contributed by atoms with E-state index in [0.717, 1.165) is 43.3 Å². The molecule has 5 heterocycles. The molecule has 3 aromatic heterocycles. The summed E-state index contributed by atoms with van der Waals surface area (Å²) in [6, 6.07) is 10.0. The number of hydrogen-bond donors (Lipinski definition) is 1. The number of hydrogen-bond acceptors (Lipinski definition) is 7. The second kappa shape index (κ2) is 11.1. The summed E-state index contributed by atoms with van der Waals surface area (Å²) in [4.78, 5) is 27.5. The first-order valence-electron chi connectivity index (χ1n) is 14.8. The van der Waals surface area contributed by atoms with Crippen LogP contribution < -0.4 is 10.2 Å². The van der Waals surface area contributed by atoms with Crippen LogP contribution in [-0.4, -0.2) is 73.5 Å².